The largest absolute Gasteiger partial charge is 0.357 e. The first kappa shape index (κ1) is 19.4. The molecule has 25 heavy (non-hydrogen) atoms. The van der Waals surface area contributed by atoms with E-state index in [1.54, 1.807) is 17.4 Å². The summed E-state index contributed by atoms with van der Waals surface area (Å²) >= 11 is 1.69. The molecule has 0 saturated carbocycles. The van der Waals surface area contributed by atoms with Gasteiger partial charge in [-0.2, -0.15) is 0 Å². The van der Waals surface area contributed by atoms with E-state index >= 15 is 0 Å². The van der Waals surface area contributed by atoms with Crippen LogP contribution < -0.4 is 10.6 Å². The fourth-order valence-electron chi connectivity index (χ4n) is 2.42. The van der Waals surface area contributed by atoms with E-state index in [9.17, 15) is 4.39 Å². The molecule has 1 heterocycles. The Bertz CT molecular complexity index is 709. The molecule has 0 unspecified atom stereocenters. The van der Waals surface area contributed by atoms with E-state index in [0.717, 1.165) is 47.3 Å². The first-order chi connectivity index (χ1) is 12.0. The number of hydrogen-bond donors (Lipinski definition) is 2. The lowest BCUT2D eigenvalue weighted by Gasteiger charge is -2.12. The molecule has 0 aliphatic carbocycles. The van der Waals surface area contributed by atoms with Crippen molar-refractivity contribution in [2.24, 2.45) is 4.99 Å². The fourth-order valence-corrected chi connectivity index (χ4v) is 3.24. The number of thiazole rings is 1. The molecule has 4 nitrogen and oxygen atoms in total. The van der Waals surface area contributed by atoms with Gasteiger partial charge in [-0.05, 0) is 43.5 Å². The molecule has 1 aromatic carbocycles. The minimum absolute atomic E-state index is 0.187. The van der Waals surface area contributed by atoms with Gasteiger partial charge < -0.3 is 10.6 Å². The van der Waals surface area contributed by atoms with Crippen molar-refractivity contribution in [3.63, 3.8) is 0 Å². The number of guanidine groups is 1. The van der Waals surface area contributed by atoms with Crippen molar-refractivity contribution >= 4 is 17.3 Å². The van der Waals surface area contributed by atoms with Gasteiger partial charge in [-0.15, -0.1) is 11.3 Å². The Morgan fingerprint density at radius 3 is 2.76 bits per heavy atom. The summed E-state index contributed by atoms with van der Waals surface area (Å²) in [7, 11) is 0. The highest BCUT2D eigenvalue weighted by Gasteiger charge is 2.06. The van der Waals surface area contributed by atoms with E-state index in [1.165, 1.54) is 6.07 Å². The molecule has 2 aromatic rings. The molecule has 2 rings (SSSR count). The second kappa shape index (κ2) is 9.51. The van der Waals surface area contributed by atoms with E-state index in [1.807, 2.05) is 19.9 Å². The van der Waals surface area contributed by atoms with Crippen LogP contribution in [0.25, 0.3) is 0 Å². The van der Waals surface area contributed by atoms with Gasteiger partial charge in [0.05, 0.1) is 17.2 Å². The summed E-state index contributed by atoms with van der Waals surface area (Å²) in [5, 5.41) is 9.80. The zero-order valence-corrected chi connectivity index (χ0v) is 16.2. The minimum atomic E-state index is -0.187. The van der Waals surface area contributed by atoms with Gasteiger partial charge in [-0.1, -0.05) is 19.9 Å². The molecule has 0 spiro atoms. The van der Waals surface area contributed by atoms with Crippen LogP contribution in [0.3, 0.4) is 0 Å². The molecule has 0 radical (unpaired) electrons. The number of aliphatic imine (C=N–C) groups is 1. The molecular formula is C19H27FN4S. The van der Waals surface area contributed by atoms with Crippen LogP contribution in [0.4, 0.5) is 4.39 Å². The Hall–Kier alpha value is -1.95. The van der Waals surface area contributed by atoms with E-state index in [-0.39, 0.29) is 5.82 Å². The van der Waals surface area contributed by atoms with Crippen LogP contribution in [0, 0.1) is 12.7 Å². The lowest BCUT2D eigenvalue weighted by atomic mass is 10.1. The van der Waals surface area contributed by atoms with E-state index in [4.69, 9.17) is 0 Å². The van der Waals surface area contributed by atoms with Crippen molar-refractivity contribution < 1.29 is 4.39 Å². The Kier molecular flexibility index (Phi) is 7.37. The van der Waals surface area contributed by atoms with Gasteiger partial charge in [0.1, 0.15) is 5.82 Å². The third-order valence-corrected chi connectivity index (χ3v) is 4.99. The molecule has 2 N–H and O–H groups in total. The predicted molar refractivity (Wildman–Crippen MR) is 104 cm³/mol. The first-order valence-electron chi connectivity index (χ1n) is 8.71. The van der Waals surface area contributed by atoms with Crippen LogP contribution in [-0.4, -0.2) is 24.0 Å². The number of hydrogen-bond acceptors (Lipinski definition) is 3. The van der Waals surface area contributed by atoms with Crippen molar-refractivity contribution in [1.82, 2.24) is 15.6 Å². The van der Waals surface area contributed by atoms with Crippen LogP contribution >= 0.6 is 11.3 Å². The van der Waals surface area contributed by atoms with Crippen molar-refractivity contribution in [2.75, 3.05) is 13.1 Å². The van der Waals surface area contributed by atoms with Gasteiger partial charge in [0.15, 0.2) is 5.96 Å². The van der Waals surface area contributed by atoms with Crippen LogP contribution in [-0.2, 0) is 13.0 Å². The summed E-state index contributed by atoms with van der Waals surface area (Å²) in [6.45, 7) is 10.4. The summed E-state index contributed by atoms with van der Waals surface area (Å²) in [6, 6.07) is 4.93. The molecule has 1 aromatic heterocycles. The molecule has 6 heteroatoms. The Morgan fingerprint density at radius 2 is 2.12 bits per heavy atom. The van der Waals surface area contributed by atoms with Crippen LogP contribution in [0.15, 0.2) is 28.6 Å². The standard InChI is InChI=1S/C19H27FN4S/c1-5-21-19(23-11-17-12-25-18(24-17)13(2)3)22-9-8-15-6-7-16(20)10-14(15)4/h6-7,10,12-13H,5,8-9,11H2,1-4H3,(H2,21,22,23). The zero-order chi connectivity index (χ0) is 18.2. The van der Waals surface area contributed by atoms with E-state index in [0.29, 0.717) is 12.5 Å². The highest BCUT2D eigenvalue weighted by Crippen LogP contribution is 2.19. The van der Waals surface area contributed by atoms with Gasteiger partial charge in [0.2, 0.25) is 0 Å². The number of rotatable bonds is 7. The Morgan fingerprint density at radius 1 is 1.32 bits per heavy atom. The lowest BCUT2D eigenvalue weighted by molar-refractivity contribution is 0.625. The number of nitrogens with one attached hydrogen (secondary N) is 2. The quantitative estimate of drug-likeness (QED) is 0.578. The molecular weight excluding hydrogens is 335 g/mol. The summed E-state index contributed by atoms with van der Waals surface area (Å²) in [6.07, 6.45) is 0.824. The SMILES string of the molecule is CCNC(=NCc1csc(C(C)C)n1)NCCc1ccc(F)cc1C. The third kappa shape index (κ3) is 6.12. The second-order valence-corrected chi connectivity index (χ2v) is 7.16. The average Bonchev–Trinajstić information content (AvgIpc) is 3.04. The number of halogens is 1. The van der Waals surface area contributed by atoms with Crippen LogP contribution in [0.1, 0.15) is 48.5 Å². The Labute approximate surface area is 153 Å². The van der Waals surface area contributed by atoms with Crippen molar-refractivity contribution in [3.8, 4) is 0 Å². The third-order valence-electron chi connectivity index (χ3n) is 3.80. The smallest absolute Gasteiger partial charge is 0.191 e. The van der Waals surface area contributed by atoms with E-state index < -0.39 is 0 Å². The monoisotopic (exact) mass is 362 g/mol. The maximum atomic E-state index is 13.2. The molecule has 136 valence electrons. The van der Waals surface area contributed by atoms with Gasteiger partial charge in [0, 0.05) is 24.4 Å². The summed E-state index contributed by atoms with van der Waals surface area (Å²) in [4.78, 5) is 9.21. The maximum absolute atomic E-state index is 13.2. The number of benzene rings is 1. The average molecular weight is 363 g/mol. The molecule has 0 aliphatic heterocycles. The maximum Gasteiger partial charge on any atom is 0.191 e. The number of nitrogens with zero attached hydrogens (tertiary/aromatic N) is 2. The van der Waals surface area contributed by atoms with Crippen molar-refractivity contribution in [1.29, 1.82) is 0 Å². The highest BCUT2D eigenvalue weighted by atomic mass is 32.1. The Balaban J connectivity index is 1.90. The zero-order valence-electron chi connectivity index (χ0n) is 15.4. The summed E-state index contributed by atoms with van der Waals surface area (Å²) < 4.78 is 13.2. The van der Waals surface area contributed by atoms with Gasteiger partial charge in [-0.3, -0.25) is 0 Å². The molecule has 0 fully saturated rings. The van der Waals surface area contributed by atoms with Crippen LogP contribution in [0.2, 0.25) is 0 Å². The normalized spacial score (nSPS) is 11.8. The fraction of sp³-hybridized carbons (Fsp3) is 0.474. The lowest BCUT2D eigenvalue weighted by Crippen LogP contribution is -2.38. The predicted octanol–water partition coefficient (Wildman–Crippen LogP) is 4.01. The van der Waals surface area contributed by atoms with Crippen molar-refractivity contribution in [3.05, 3.63) is 51.2 Å². The minimum Gasteiger partial charge on any atom is -0.357 e. The van der Waals surface area contributed by atoms with E-state index in [2.05, 4.69) is 39.8 Å². The van der Waals surface area contributed by atoms with Crippen LogP contribution in [0.5, 0.6) is 0 Å². The molecule has 0 amide bonds. The summed E-state index contributed by atoms with van der Waals surface area (Å²) in [5.41, 5.74) is 3.12. The summed E-state index contributed by atoms with van der Waals surface area (Å²) in [5.74, 6) is 1.04. The number of aryl methyl sites for hydroxylation is 1. The van der Waals surface area contributed by atoms with Gasteiger partial charge >= 0.3 is 0 Å². The van der Waals surface area contributed by atoms with Gasteiger partial charge in [0.25, 0.3) is 0 Å². The second-order valence-electron chi connectivity index (χ2n) is 6.27. The van der Waals surface area contributed by atoms with Gasteiger partial charge in [-0.25, -0.2) is 14.4 Å². The first-order valence-corrected chi connectivity index (χ1v) is 9.59. The molecule has 0 saturated heterocycles. The molecule has 0 aliphatic rings. The highest BCUT2D eigenvalue weighted by molar-refractivity contribution is 7.09. The topological polar surface area (TPSA) is 49.3 Å². The molecule has 0 atom stereocenters. The molecule has 0 bridgehead atoms. The van der Waals surface area contributed by atoms with Crippen molar-refractivity contribution in [2.45, 2.75) is 46.6 Å². The number of aromatic nitrogens is 1.